The van der Waals surface area contributed by atoms with Gasteiger partial charge in [0, 0.05) is 6.54 Å². The number of benzene rings is 1. The first-order valence-corrected chi connectivity index (χ1v) is 8.61. The van der Waals surface area contributed by atoms with Crippen LogP contribution in [0, 0.1) is 0 Å². The quantitative estimate of drug-likeness (QED) is 0.874. The first-order valence-electron chi connectivity index (χ1n) is 8.61. The Balaban J connectivity index is 1.45. The van der Waals surface area contributed by atoms with Crippen LogP contribution < -0.4 is 0 Å². The molecule has 1 aromatic heterocycles. The van der Waals surface area contributed by atoms with Crippen LogP contribution in [0.15, 0.2) is 36.4 Å². The van der Waals surface area contributed by atoms with Crippen LogP contribution in [0.2, 0.25) is 0 Å². The molecular weight excluding hydrogens is 336 g/mol. The maximum absolute atomic E-state index is 12.5. The monoisotopic (exact) mass is 356 g/mol. The van der Waals surface area contributed by atoms with E-state index in [2.05, 4.69) is 5.10 Å². The normalized spacial score (nSPS) is 17.8. The number of carbonyl (C=O) groups excluding carboxylic acids is 2. The van der Waals surface area contributed by atoms with Gasteiger partial charge in [-0.2, -0.15) is 5.10 Å². The summed E-state index contributed by atoms with van der Waals surface area (Å²) >= 11 is 0. The summed E-state index contributed by atoms with van der Waals surface area (Å²) in [4.78, 5) is 27.1. The number of aliphatic hydroxyl groups is 1. The molecule has 2 aromatic rings. The van der Waals surface area contributed by atoms with Gasteiger partial charge >= 0.3 is 6.09 Å². The van der Waals surface area contributed by atoms with Gasteiger partial charge in [0.2, 0.25) is 5.91 Å². The number of ether oxygens (including phenoxy) is 1. The van der Waals surface area contributed by atoms with E-state index in [1.54, 1.807) is 4.90 Å². The number of nitrogens with zero attached hydrogens (tertiary/aromatic N) is 4. The van der Waals surface area contributed by atoms with Crippen LogP contribution in [0.4, 0.5) is 4.79 Å². The number of aliphatic hydroxyl groups excluding tert-OH is 1. The number of carbonyl (C=O) groups is 2. The molecular formula is C18H20N4O4. The van der Waals surface area contributed by atoms with E-state index < -0.39 is 12.2 Å². The summed E-state index contributed by atoms with van der Waals surface area (Å²) in [6.45, 7) is 2.32. The van der Waals surface area contributed by atoms with Crippen LogP contribution in [0.3, 0.4) is 0 Å². The van der Waals surface area contributed by atoms with Crippen LogP contribution in [-0.2, 0) is 22.6 Å². The molecule has 2 aliphatic rings. The van der Waals surface area contributed by atoms with Gasteiger partial charge in [0.15, 0.2) is 0 Å². The van der Waals surface area contributed by atoms with Crippen molar-refractivity contribution in [1.29, 1.82) is 0 Å². The molecule has 0 spiro atoms. The summed E-state index contributed by atoms with van der Waals surface area (Å²) < 4.78 is 6.68. The molecule has 0 bridgehead atoms. The minimum Gasteiger partial charge on any atom is -0.448 e. The van der Waals surface area contributed by atoms with Crippen molar-refractivity contribution in [2.24, 2.45) is 0 Å². The van der Waals surface area contributed by atoms with E-state index in [9.17, 15) is 14.7 Å². The fraction of sp³-hybridized carbons (Fsp3) is 0.389. The lowest BCUT2D eigenvalue weighted by atomic mass is 10.1. The van der Waals surface area contributed by atoms with Gasteiger partial charge in [-0.05, 0) is 11.6 Å². The van der Waals surface area contributed by atoms with E-state index in [0.29, 0.717) is 38.5 Å². The van der Waals surface area contributed by atoms with Gasteiger partial charge in [-0.3, -0.25) is 14.4 Å². The highest BCUT2D eigenvalue weighted by Crippen LogP contribution is 2.23. The van der Waals surface area contributed by atoms with Crippen LogP contribution in [0.25, 0.3) is 0 Å². The molecule has 1 saturated heterocycles. The standard InChI is InChI=1S/C18H20N4O4/c23-16(12-21-8-9-26-18(21)25)20-6-7-22-14(11-20)10-15(19-22)17(24)13-4-2-1-3-5-13/h1-5,10,17,24H,6-9,11-12H2. The van der Waals surface area contributed by atoms with E-state index in [4.69, 9.17) is 4.74 Å². The third-order valence-corrected chi connectivity index (χ3v) is 4.74. The molecule has 1 unspecified atom stereocenters. The van der Waals surface area contributed by atoms with Gasteiger partial charge < -0.3 is 14.7 Å². The van der Waals surface area contributed by atoms with E-state index in [1.165, 1.54) is 4.90 Å². The number of rotatable bonds is 4. The van der Waals surface area contributed by atoms with Crippen LogP contribution in [-0.4, -0.2) is 62.9 Å². The van der Waals surface area contributed by atoms with Crippen molar-refractivity contribution < 1.29 is 19.4 Å². The van der Waals surface area contributed by atoms with Crippen molar-refractivity contribution in [1.82, 2.24) is 19.6 Å². The van der Waals surface area contributed by atoms with Gasteiger partial charge in [0.25, 0.3) is 0 Å². The minimum absolute atomic E-state index is 0.0342. The molecule has 1 atom stereocenters. The Morgan fingerprint density at radius 3 is 2.77 bits per heavy atom. The number of fused-ring (bicyclic) bond motifs is 1. The second kappa shape index (κ2) is 6.80. The average molecular weight is 356 g/mol. The third kappa shape index (κ3) is 3.15. The average Bonchev–Trinajstić information content (AvgIpc) is 3.27. The van der Waals surface area contributed by atoms with E-state index in [1.807, 2.05) is 41.1 Å². The molecule has 8 heteroatoms. The van der Waals surface area contributed by atoms with Crippen LogP contribution >= 0.6 is 0 Å². The largest absolute Gasteiger partial charge is 0.448 e. The Morgan fingerprint density at radius 2 is 2.04 bits per heavy atom. The molecule has 136 valence electrons. The predicted molar refractivity (Wildman–Crippen MR) is 91.1 cm³/mol. The SMILES string of the molecule is O=C(CN1CCOC1=O)N1CCn2nc(C(O)c3ccccc3)cc2C1. The summed E-state index contributed by atoms with van der Waals surface area (Å²) in [6.07, 6.45) is -1.23. The zero-order valence-electron chi connectivity index (χ0n) is 14.2. The lowest BCUT2D eigenvalue weighted by molar-refractivity contribution is -0.133. The zero-order chi connectivity index (χ0) is 18.1. The van der Waals surface area contributed by atoms with E-state index in [0.717, 1.165) is 11.3 Å². The van der Waals surface area contributed by atoms with E-state index >= 15 is 0 Å². The molecule has 2 aliphatic heterocycles. The second-order valence-electron chi connectivity index (χ2n) is 6.45. The maximum Gasteiger partial charge on any atom is 0.410 e. The molecule has 2 amide bonds. The number of aromatic nitrogens is 2. The maximum atomic E-state index is 12.5. The molecule has 0 saturated carbocycles. The summed E-state index contributed by atoms with van der Waals surface area (Å²) in [6, 6.07) is 11.2. The molecule has 0 radical (unpaired) electrons. The van der Waals surface area contributed by atoms with Crippen molar-refractivity contribution >= 4 is 12.0 Å². The number of hydrogen-bond donors (Lipinski definition) is 1. The highest BCUT2D eigenvalue weighted by atomic mass is 16.6. The van der Waals surface area contributed by atoms with Gasteiger partial charge in [0.1, 0.15) is 19.3 Å². The van der Waals surface area contributed by atoms with Gasteiger partial charge in [-0.15, -0.1) is 0 Å². The Hall–Kier alpha value is -2.87. The summed E-state index contributed by atoms with van der Waals surface area (Å²) in [5, 5.41) is 15.0. The topological polar surface area (TPSA) is 87.9 Å². The molecule has 1 aromatic carbocycles. The van der Waals surface area contributed by atoms with Crippen molar-refractivity contribution in [3.05, 3.63) is 53.3 Å². The van der Waals surface area contributed by atoms with Crippen molar-refractivity contribution in [2.45, 2.75) is 19.2 Å². The molecule has 0 aliphatic carbocycles. The molecule has 1 N–H and O–H groups in total. The zero-order valence-corrected chi connectivity index (χ0v) is 14.2. The summed E-state index contributed by atoms with van der Waals surface area (Å²) in [5.74, 6) is -0.110. The van der Waals surface area contributed by atoms with Crippen molar-refractivity contribution in [2.75, 3.05) is 26.2 Å². The van der Waals surface area contributed by atoms with E-state index in [-0.39, 0.29) is 12.5 Å². The van der Waals surface area contributed by atoms with Crippen LogP contribution in [0.5, 0.6) is 0 Å². The smallest absolute Gasteiger partial charge is 0.410 e. The highest BCUT2D eigenvalue weighted by molar-refractivity contribution is 5.83. The first-order chi connectivity index (χ1) is 12.6. The number of hydrogen-bond acceptors (Lipinski definition) is 5. The molecule has 26 heavy (non-hydrogen) atoms. The Bertz CT molecular complexity index is 820. The lowest BCUT2D eigenvalue weighted by Gasteiger charge is -2.28. The number of cyclic esters (lactones) is 1. The molecule has 4 rings (SSSR count). The predicted octanol–water partition coefficient (Wildman–Crippen LogP) is 0.759. The summed E-state index contributed by atoms with van der Waals surface area (Å²) in [5.41, 5.74) is 2.23. The fourth-order valence-corrected chi connectivity index (χ4v) is 3.27. The Morgan fingerprint density at radius 1 is 1.23 bits per heavy atom. The second-order valence-corrected chi connectivity index (χ2v) is 6.45. The summed E-state index contributed by atoms with van der Waals surface area (Å²) in [7, 11) is 0. The number of amides is 2. The Labute approximate surface area is 150 Å². The lowest BCUT2D eigenvalue weighted by Crippen LogP contribution is -2.44. The van der Waals surface area contributed by atoms with Crippen LogP contribution in [0.1, 0.15) is 23.1 Å². The van der Waals surface area contributed by atoms with Gasteiger partial charge in [0.05, 0.1) is 31.0 Å². The van der Waals surface area contributed by atoms with Crippen molar-refractivity contribution in [3.63, 3.8) is 0 Å². The molecule has 3 heterocycles. The first kappa shape index (κ1) is 16.6. The minimum atomic E-state index is -0.794. The highest BCUT2D eigenvalue weighted by Gasteiger charge is 2.29. The fourth-order valence-electron chi connectivity index (χ4n) is 3.27. The van der Waals surface area contributed by atoms with Crippen molar-refractivity contribution in [3.8, 4) is 0 Å². The van der Waals surface area contributed by atoms with Gasteiger partial charge in [-0.1, -0.05) is 30.3 Å². The third-order valence-electron chi connectivity index (χ3n) is 4.74. The molecule has 8 nitrogen and oxygen atoms in total. The Kier molecular flexibility index (Phi) is 4.34. The van der Waals surface area contributed by atoms with Gasteiger partial charge in [-0.25, -0.2) is 4.79 Å². The molecule has 1 fully saturated rings.